The molecule has 1 N–H and O–H groups in total. The Morgan fingerprint density at radius 1 is 1.23 bits per heavy atom. The molecular formula is C20H20N2O3S. The Labute approximate surface area is 156 Å². The molecule has 0 atom stereocenters. The lowest BCUT2D eigenvalue weighted by molar-refractivity contribution is -0.116. The van der Waals surface area contributed by atoms with E-state index in [9.17, 15) is 4.79 Å². The number of nitrogens with zero attached hydrogens (tertiary/aromatic N) is 1. The number of benzene rings is 2. The number of methoxy groups -OCH3 is 1. The van der Waals surface area contributed by atoms with Crippen LogP contribution in [0.1, 0.15) is 17.5 Å². The van der Waals surface area contributed by atoms with Gasteiger partial charge in [0.2, 0.25) is 5.91 Å². The second-order valence-corrected chi connectivity index (χ2v) is 6.58. The molecule has 0 fully saturated rings. The maximum absolute atomic E-state index is 12.1. The lowest BCUT2D eigenvalue weighted by Gasteiger charge is -2.09. The first-order chi connectivity index (χ1) is 12.7. The van der Waals surface area contributed by atoms with E-state index in [4.69, 9.17) is 9.47 Å². The summed E-state index contributed by atoms with van der Waals surface area (Å²) in [6.07, 6.45) is 3.24. The fourth-order valence-corrected chi connectivity index (χ4v) is 3.36. The van der Waals surface area contributed by atoms with Crippen LogP contribution in [0.25, 0.3) is 16.3 Å². The van der Waals surface area contributed by atoms with Crippen molar-refractivity contribution in [1.29, 1.82) is 0 Å². The van der Waals surface area contributed by atoms with Gasteiger partial charge in [0, 0.05) is 6.08 Å². The number of hydrogen-bond donors (Lipinski definition) is 1. The van der Waals surface area contributed by atoms with E-state index in [1.54, 1.807) is 24.5 Å². The van der Waals surface area contributed by atoms with Crippen molar-refractivity contribution in [3.8, 4) is 11.5 Å². The molecule has 3 rings (SSSR count). The van der Waals surface area contributed by atoms with E-state index in [-0.39, 0.29) is 5.91 Å². The topological polar surface area (TPSA) is 60.5 Å². The van der Waals surface area contributed by atoms with Gasteiger partial charge in [0.15, 0.2) is 11.5 Å². The third-order valence-corrected chi connectivity index (χ3v) is 4.70. The van der Waals surface area contributed by atoms with Gasteiger partial charge in [-0.15, -0.1) is 11.3 Å². The number of hydrogen-bond acceptors (Lipinski definition) is 5. The Kier molecular flexibility index (Phi) is 5.86. The fourth-order valence-electron chi connectivity index (χ4n) is 2.45. The van der Waals surface area contributed by atoms with Crippen molar-refractivity contribution in [2.75, 3.05) is 13.7 Å². The van der Waals surface area contributed by atoms with Gasteiger partial charge in [0.05, 0.1) is 30.5 Å². The van der Waals surface area contributed by atoms with Crippen LogP contribution in [0, 0.1) is 0 Å². The molecule has 5 nitrogen and oxygen atoms in total. The molecule has 2 aromatic carbocycles. The van der Waals surface area contributed by atoms with Crippen LogP contribution in [-0.2, 0) is 11.3 Å². The number of carbonyl (C=O) groups excluding carboxylic acids is 1. The molecule has 3 aromatic rings. The van der Waals surface area contributed by atoms with Gasteiger partial charge in [-0.1, -0.05) is 18.2 Å². The van der Waals surface area contributed by atoms with Crippen molar-refractivity contribution in [1.82, 2.24) is 10.3 Å². The van der Waals surface area contributed by atoms with E-state index in [1.807, 2.05) is 49.4 Å². The summed E-state index contributed by atoms with van der Waals surface area (Å²) >= 11 is 1.58. The van der Waals surface area contributed by atoms with Crippen molar-refractivity contribution >= 4 is 33.5 Å². The highest BCUT2D eigenvalue weighted by atomic mass is 32.1. The molecule has 0 unspecified atom stereocenters. The van der Waals surface area contributed by atoms with Gasteiger partial charge >= 0.3 is 0 Å². The average molecular weight is 368 g/mol. The lowest BCUT2D eigenvalue weighted by Crippen LogP contribution is -2.20. The average Bonchev–Trinajstić information content (AvgIpc) is 3.08. The van der Waals surface area contributed by atoms with Crippen LogP contribution in [0.4, 0.5) is 0 Å². The molecule has 0 saturated heterocycles. The summed E-state index contributed by atoms with van der Waals surface area (Å²) in [6, 6.07) is 13.5. The van der Waals surface area contributed by atoms with E-state index in [1.165, 1.54) is 6.08 Å². The van der Waals surface area contributed by atoms with E-state index in [0.29, 0.717) is 24.7 Å². The predicted molar refractivity (Wildman–Crippen MR) is 105 cm³/mol. The molecule has 0 aliphatic heterocycles. The van der Waals surface area contributed by atoms with Crippen molar-refractivity contribution in [2.24, 2.45) is 0 Å². The van der Waals surface area contributed by atoms with Gasteiger partial charge in [-0.2, -0.15) is 0 Å². The first kappa shape index (κ1) is 17.9. The van der Waals surface area contributed by atoms with Crippen LogP contribution in [0.15, 0.2) is 48.5 Å². The molecule has 0 radical (unpaired) electrons. The number of thiazole rings is 1. The smallest absolute Gasteiger partial charge is 0.244 e. The molecular weight excluding hydrogens is 348 g/mol. The normalized spacial score (nSPS) is 11.0. The second kappa shape index (κ2) is 8.49. The minimum atomic E-state index is -0.169. The minimum absolute atomic E-state index is 0.169. The highest BCUT2D eigenvalue weighted by Crippen LogP contribution is 2.28. The number of aromatic nitrogens is 1. The van der Waals surface area contributed by atoms with Crippen LogP contribution in [0.3, 0.4) is 0 Å². The Morgan fingerprint density at radius 2 is 2.08 bits per heavy atom. The summed E-state index contributed by atoms with van der Waals surface area (Å²) in [7, 11) is 1.59. The summed E-state index contributed by atoms with van der Waals surface area (Å²) in [6.45, 7) is 2.90. The Hall–Kier alpha value is -2.86. The van der Waals surface area contributed by atoms with Crippen LogP contribution < -0.4 is 14.8 Å². The highest BCUT2D eigenvalue weighted by Gasteiger charge is 2.06. The summed E-state index contributed by atoms with van der Waals surface area (Å²) in [5, 5.41) is 3.74. The second-order valence-electron chi connectivity index (χ2n) is 5.47. The number of nitrogens with one attached hydrogen (secondary N) is 1. The van der Waals surface area contributed by atoms with E-state index in [2.05, 4.69) is 10.3 Å². The zero-order valence-corrected chi connectivity index (χ0v) is 15.5. The molecule has 1 amide bonds. The molecule has 0 spiro atoms. The molecule has 1 aromatic heterocycles. The molecule has 134 valence electrons. The van der Waals surface area contributed by atoms with Crippen molar-refractivity contribution in [2.45, 2.75) is 13.5 Å². The Balaban J connectivity index is 1.60. The van der Waals surface area contributed by atoms with Gasteiger partial charge in [-0.05, 0) is 42.8 Å². The number of ether oxygens (including phenoxy) is 2. The fraction of sp³-hybridized carbons (Fsp3) is 0.200. The summed E-state index contributed by atoms with van der Waals surface area (Å²) in [5.74, 6) is 1.16. The van der Waals surface area contributed by atoms with Crippen molar-refractivity contribution in [3.63, 3.8) is 0 Å². The monoisotopic (exact) mass is 368 g/mol. The third-order valence-electron chi connectivity index (χ3n) is 3.67. The lowest BCUT2D eigenvalue weighted by atomic mass is 10.2. The number of fused-ring (bicyclic) bond motifs is 1. The maximum atomic E-state index is 12.1. The number of amides is 1. The van der Waals surface area contributed by atoms with Gasteiger partial charge in [-0.3, -0.25) is 4.79 Å². The highest BCUT2D eigenvalue weighted by molar-refractivity contribution is 7.18. The molecule has 0 aliphatic rings. The predicted octanol–water partition coefficient (Wildman–Crippen LogP) is 4.03. The molecule has 0 bridgehead atoms. The van der Waals surface area contributed by atoms with Gasteiger partial charge in [0.25, 0.3) is 0 Å². The third kappa shape index (κ3) is 4.40. The Morgan fingerprint density at radius 3 is 2.85 bits per heavy atom. The first-order valence-electron chi connectivity index (χ1n) is 8.31. The van der Waals surface area contributed by atoms with E-state index in [0.717, 1.165) is 20.8 Å². The summed E-state index contributed by atoms with van der Waals surface area (Å²) in [5.41, 5.74) is 1.82. The maximum Gasteiger partial charge on any atom is 0.244 e. The van der Waals surface area contributed by atoms with Crippen molar-refractivity contribution in [3.05, 3.63) is 59.1 Å². The minimum Gasteiger partial charge on any atom is -0.493 e. The van der Waals surface area contributed by atoms with Crippen molar-refractivity contribution < 1.29 is 14.3 Å². The standard InChI is InChI=1S/C20H20N2O3S/c1-3-25-16-10-8-14(12-17(16)24-2)9-11-19(23)21-13-20-22-15-6-4-5-7-18(15)26-20/h4-12H,3,13H2,1-2H3,(H,21,23)/b11-9+. The van der Waals surface area contributed by atoms with Gasteiger partial charge < -0.3 is 14.8 Å². The largest absolute Gasteiger partial charge is 0.493 e. The SMILES string of the molecule is CCOc1ccc(/C=C/C(=O)NCc2nc3ccccc3s2)cc1OC. The zero-order chi connectivity index (χ0) is 18.4. The van der Waals surface area contributed by atoms with Gasteiger partial charge in [-0.25, -0.2) is 4.98 Å². The summed E-state index contributed by atoms with van der Waals surface area (Å²) < 4.78 is 11.9. The first-order valence-corrected chi connectivity index (χ1v) is 9.12. The number of rotatable bonds is 7. The molecule has 1 heterocycles. The molecule has 0 saturated carbocycles. The van der Waals surface area contributed by atoms with Gasteiger partial charge in [0.1, 0.15) is 5.01 Å². The quantitative estimate of drug-likeness (QED) is 0.640. The molecule has 26 heavy (non-hydrogen) atoms. The van der Waals surface area contributed by atoms with Crippen LogP contribution >= 0.6 is 11.3 Å². The number of carbonyl (C=O) groups is 1. The van der Waals surface area contributed by atoms with Crippen LogP contribution in [0.2, 0.25) is 0 Å². The number of para-hydroxylation sites is 1. The van der Waals surface area contributed by atoms with Crippen LogP contribution in [0.5, 0.6) is 11.5 Å². The van der Waals surface area contributed by atoms with Crippen LogP contribution in [-0.4, -0.2) is 24.6 Å². The van der Waals surface area contributed by atoms with E-state index < -0.39 is 0 Å². The molecule has 6 heteroatoms. The zero-order valence-electron chi connectivity index (χ0n) is 14.7. The Bertz CT molecular complexity index is 901. The molecule has 0 aliphatic carbocycles. The van der Waals surface area contributed by atoms with E-state index >= 15 is 0 Å². The summed E-state index contributed by atoms with van der Waals surface area (Å²) in [4.78, 5) is 16.6.